The summed E-state index contributed by atoms with van der Waals surface area (Å²) in [6, 6.07) is 7.23. The number of amides is 1. The number of carbonyl (C=O) groups excluding carboxylic acids is 1. The fourth-order valence-corrected chi connectivity index (χ4v) is 1.59. The van der Waals surface area contributed by atoms with E-state index in [2.05, 4.69) is 10.6 Å². The van der Waals surface area contributed by atoms with E-state index in [-0.39, 0.29) is 12.3 Å². The molecule has 1 amide bonds. The zero-order valence-corrected chi connectivity index (χ0v) is 10.4. The molecule has 0 aliphatic heterocycles. The zero-order valence-electron chi connectivity index (χ0n) is 10.4. The minimum absolute atomic E-state index is 0.0252. The number of hydrogen-bond acceptors (Lipinski definition) is 3. The number of hydrogen-bond donors (Lipinski definition) is 3. The van der Waals surface area contributed by atoms with E-state index in [1.807, 2.05) is 12.1 Å². The summed E-state index contributed by atoms with van der Waals surface area (Å²) >= 11 is 0. The van der Waals surface area contributed by atoms with Crippen LogP contribution in [-0.2, 0) is 22.6 Å². The minimum Gasteiger partial charge on any atom is -0.481 e. The van der Waals surface area contributed by atoms with Gasteiger partial charge in [0, 0.05) is 19.5 Å². The van der Waals surface area contributed by atoms with Crippen LogP contribution in [0.3, 0.4) is 0 Å². The van der Waals surface area contributed by atoms with Gasteiger partial charge < -0.3 is 15.7 Å². The van der Waals surface area contributed by atoms with Crippen LogP contribution in [0.5, 0.6) is 0 Å². The molecule has 0 atom stereocenters. The predicted octanol–water partition coefficient (Wildman–Crippen LogP) is 0.539. The van der Waals surface area contributed by atoms with Crippen LogP contribution in [0.15, 0.2) is 24.3 Å². The maximum Gasteiger partial charge on any atom is 0.307 e. The van der Waals surface area contributed by atoms with Crippen LogP contribution in [0.4, 0.5) is 0 Å². The minimum atomic E-state index is -0.871. The number of aliphatic carboxylic acids is 1. The van der Waals surface area contributed by atoms with Crippen molar-refractivity contribution < 1.29 is 14.7 Å². The van der Waals surface area contributed by atoms with Crippen LogP contribution in [0, 0.1) is 0 Å². The largest absolute Gasteiger partial charge is 0.481 e. The summed E-state index contributed by atoms with van der Waals surface area (Å²) in [4.78, 5) is 22.1. The van der Waals surface area contributed by atoms with E-state index < -0.39 is 5.97 Å². The summed E-state index contributed by atoms with van der Waals surface area (Å²) in [5.74, 6) is -0.918. The molecule has 0 fully saturated rings. The topological polar surface area (TPSA) is 78.4 Å². The van der Waals surface area contributed by atoms with Gasteiger partial charge in [-0.15, -0.1) is 0 Å². The Morgan fingerprint density at radius 1 is 1.22 bits per heavy atom. The predicted molar refractivity (Wildman–Crippen MR) is 68.2 cm³/mol. The first-order valence-electron chi connectivity index (χ1n) is 5.83. The molecule has 0 aliphatic rings. The average Bonchev–Trinajstić information content (AvgIpc) is 2.34. The van der Waals surface area contributed by atoms with E-state index in [1.165, 1.54) is 0 Å². The van der Waals surface area contributed by atoms with Gasteiger partial charge in [-0.25, -0.2) is 0 Å². The molecule has 5 nitrogen and oxygen atoms in total. The van der Waals surface area contributed by atoms with Crippen LogP contribution in [0.25, 0.3) is 0 Å². The molecular formula is C13H18N2O3. The Morgan fingerprint density at radius 2 is 1.89 bits per heavy atom. The van der Waals surface area contributed by atoms with Gasteiger partial charge in [0.05, 0.1) is 6.42 Å². The molecule has 0 saturated carbocycles. The lowest BCUT2D eigenvalue weighted by Gasteiger charge is -2.09. The maximum atomic E-state index is 11.4. The van der Waals surface area contributed by atoms with Crippen molar-refractivity contribution in [2.24, 2.45) is 0 Å². The number of carboxylic acids is 1. The van der Waals surface area contributed by atoms with Crippen molar-refractivity contribution >= 4 is 11.9 Å². The fourth-order valence-electron chi connectivity index (χ4n) is 1.59. The van der Waals surface area contributed by atoms with Crippen molar-refractivity contribution in [2.45, 2.75) is 19.4 Å². The van der Waals surface area contributed by atoms with Gasteiger partial charge in [0.15, 0.2) is 0 Å². The summed E-state index contributed by atoms with van der Waals surface area (Å²) < 4.78 is 0. The lowest BCUT2D eigenvalue weighted by molar-refractivity contribution is -0.136. The summed E-state index contributed by atoms with van der Waals surface area (Å²) in [7, 11) is 1.79. The quantitative estimate of drug-likeness (QED) is 0.660. The van der Waals surface area contributed by atoms with E-state index in [0.717, 1.165) is 11.1 Å². The molecule has 0 saturated heterocycles. The van der Waals surface area contributed by atoms with Crippen molar-refractivity contribution in [3.8, 4) is 0 Å². The second-order valence-corrected chi connectivity index (χ2v) is 3.97. The Balaban J connectivity index is 2.55. The lowest BCUT2D eigenvalue weighted by Crippen LogP contribution is -2.26. The highest BCUT2D eigenvalue weighted by atomic mass is 16.4. The summed E-state index contributed by atoms with van der Waals surface area (Å²) in [6.45, 7) is 0.995. The molecule has 0 aromatic heterocycles. The molecule has 18 heavy (non-hydrogen) atoms. The number of rotatable bonds is 7. The Morgan fingerprint density at radius 3 is 2.50 bits per heavy atom. The van der Waals surface area contributed by atoms with Crippen molar-refractivity contribution in [3.63, 3.8) is 0 Å². The third-order valence-electron chi connectivity index (χ3n) is 2.54. The molecule has 0 aliphatic carbocycles. The van der Waals surface area contributed by atoms with Crippen molar-refractivity contribution in [1.82, 2.24) is 10.6 Å². The standard InChI is InChI=1S/C13H18N2O3/c1-14-7-6-12(16)15-9-11-5-3-2-4-10(11)8-13(17)18/h2-5,14H,6-9H2,1H3,(H,15,16)(H,17,18). The second-order valence-electron chi connectivity index (χ2n) is 3.97. The molecule has 98 valence electrons. The normalized spacial score (nSPS) is 10.1. The molecule has 5 heteroatoms. The highest BCUT2D eigenvalue weighted by molar-refractivity contribution is 5.76. The average molecular weight is 250 g/mol. The molecule has 0 bridgehead atoms. The van der Waals surface area contributed by atoms with Crippen molar-refractivity contribution in [3.05, 3.63) is 35.4 Å². The van der Waals surface area contributed by atoms with Gasteiger partial charge in [0.2, 0.25) is 5.91 Å². The highest BCUT2D eigenvalue weighted by Gasteiger charge is 2.07. The van der Waals surface area contributed by atoms with Gasteiger partial charge in [-0.2, -0.15) is 0 Å². The smallest absolute Gasteiger partial charge is 0.307 e. The third-order valence-corrected chi connectivity index (χ3v) is 2.54. The van der Waals surface area contributed by atoms with Crippen molar-refractivity contribution in [2.75, 3.05) is 13.6 Å². The number of carbonyl (C=O) groups is 2. The van der Waals surface area contributed by atoms with E-state index in [1.54, 1.807) is 19.2 Å². The van der Waals surface area contributed by atoms with E-state index in [0.29, 0.717) is 19.5 Å². The SMILES string of the molecule is CNCCC(=O)NCc1ccccc1CC(=O)O. The Labute approximate surface area is 106 Å². The molecular weight excluding hydrogens is 232 g/mol. The maximum absolute atomic E-state index is 11.4. The lowest BCUT2D eigenvalue weighted by atomic mass is 10.0. The third kappa shape index (κ3) is 4.97. The van der Waals surface area contributed by atoms with Crippen LogP contribution in [0.2, 0.25) is 0 Å². The van der Waals surface area contributed by atoms with Crippen LogP contribution < -0.4 is 10.6 Å². The van der Waals surface area contributed by atoms with E-state index in [9.17, 15) is 9.59 Å². The number of carboxylic acid groups (broad SMARTS) is 1. The monoisotopic (exact) mass is 250 g/mol. The first-order chi connectivity index (χ1) is 8.63. The summed E-state index contributed by atoms with van der Waals surface area (Å²) in [5.41, 5.74) is 1.58. The first kappa shape index (κ1) is 14.2. The van der Waals surface area contributed by atoms with E-state index >= 15 is 0 Å². The van der Waals surface area contributed by atoms with Crippen LogP contribution in [-0.4, -0.2) is 30.6 Å². The van der Waals surface area contributed by atoms with Gasteiger partial charge in [-0.1, -0.05) is 24.3 Å². The van der Waals surface area contributed by atoms with Gasteiger partial charge in [-0.3, -0.25) is 9.59 Å². The molecule has 0 unspecified atom stereocenters. The molecule has 0 heterocycles. The van der Waals surface area contributed by atoms with Gasteiger partial charge in [0.25, 0.3) is 0 Å². The Hall–Kier alpha value is -1.88. The van der Waals surface area contributed by atoms with Crippen molar-refractivity contribution in [1.29, 1.82) is 0 Å². The summed E-state index contributed by atoms with van der Waals surface area (Å²) in [5, 5.41) is 14.5. The first-order valence-corrected chi connectivity index (χ1v) is 5.83. The second kappa shape index (κ2) is 7.45. The number of benzene rings is 1. The van der Waals surface area contributed by atoms with E-state index in [4.69, 9.17) is 5.11 Å². The molecule has 1 aromatic carbocycles. The zero-order chi connectivity index (χ0) is 13.4. The molecule has 1 rings (SSSR count). The Kier molecular flexibility index (Phi) is 5.87. The Bertz CT molecular complexity index is 418. The fraction of sp³-hybridized carbons (Fsp3) is 0.385. The van der Waals surface area contributed by atoms with Gasteiger partial charge in [-0.05, 0) is 18.2 Å². The highest BCUT2D eigenvalue weighted by Crippen LogP contribution is 2.09. The molecule has 1 aromatic rings. The molecule has 3 N–H and O–H groups in total. The molecule has 0 spiro atoms. The van der Waals surface area contributed by atoms with Gasteiger partial charge in [0.1, 0.15) is 0 Å². The molecule has 0 radical (unpaired) electrons. The van der Waals surface area contributed by atoms with Gasteiger partial charge >= 0.3 is 5.97 Å². The summed E-state index contributed by atoms with van der Waals surface area (Å²) in [6.07, 6.45) is 0.389. The number of nitrogens with one attached hydrogen (secondary N) is 2. The van der Waals surface area contributed by atoms with Crippen LogP contribution >= 0.6 is 0 Å². The van der Waals surface area contributed by atoms with Crippen LogP contribution in [0.1, 0.15) is 17.5 Å².